The van der Waals surface area contributed by atoms with Crippen LogP contribution >= 0.6 is 0 Å². The number of hydrogen-bond acceptors (Lipinski definition) is 2. The van der Waals surface area contributed by atoms with Gasteiger partial charge in [0.25, 0.3) is 0 Å². The number of nitrogens with zero attached hydrogens (tertiary/aromatic N) is 1. The van der Waals surface area contributed by atoms with Crippen LogP contribution in [0.25, 0.3) is 10.9 Å². The molecule has 3 nitrogen and oxygen atoms in total. The Morgan fingerprint density at radius 2 is 1.94 bits per heavy atom. The maximum atomic E-state index is 12.5. The molecule has 0 spiro atoms. The number of benzene rings is 1. The van der Waals surface area contributed by atoms with Gasteiger partial charge in [0, 0.05) is 22.7 Å². The van der Waals surface area contributed by atoms with Crippen molar-refractivity contribution in [2.75, 3.05) is 0 Å². The van der Waals surface area contributed by atoms with E-state index in [0.29, 0.717) is 10.9 Å². The zero-order valence-electron chi connectivity index (χ0n) is 7.92. The third kappa shape index (κ3) is 1.62. The van der Waals surface area contributed by atoms with Gasteiger partial charge in [0.15, 0.2) is 5.71 Å². The molecule has 84 valence electrons. The summed E-state index contributed by atoms with van der Waals surface area (Å²) in [6, 6.07) is 6.49. The van der Waals surface area contributed by atoms with Crippen molar-refractivity contribution in [3.63, 3.8) is 0 Å². The number of aromatic amines is 1. The third-order valence-corrected chi connectivity index (χ3v) is 2.21. The van der Waals surface area contributed by atoms with Gasteiger partial charge in [0.1, 0.15) is 0 Å². The Morgan fingerprint density at radius 3 is 2.56 bits per heavy atom. The smallest absolute Gasteiger partial charge is 0.410 e. The number of oxime groups is 1. The topological polar surface area (TPSA) is 48.4 Å². The van der Waals surface area contributed by atoms with Gasteiger partial charge in [-0.3, -0.25) is 0 Å². The minimum absolute atomic E-state index is 0.161. The Hall–Kier alpha value is -1.98. The summed E-state index contributed by atoms with van der Waals surface area (Å²) in [5.41, 5.74) is -0.904. The fourth-order valence-corrected chi connectivity index (χ4v) is 1.53. The number of alkyl halides is 3. The van der Waals surface area contributed by atoms with Crippen LogP contribution in [-0.4, -0.2) is 22.1 Å². The molecule has 1 aromatic heterocycles. The summed E-state index contributed by atoms with van der Waals surface area (Å²) in [6.45, 7) is 0. The number of nitrogens with one attached hydrogen (secondary N) is 1. The first-order valence-corrected chi connectivity index (χ1v) is 4.40. The molecular formula is C10H7F3N2O. The minimum atomic E-state index is -4.68. The van der Waals surface area contributed by atoms with E-state index >= 15 is 0 Å². The molecule has 1 heterocycles. The fourth-order valence-electron chi connectivity index (χ4n) is 1.53. The molecule has 0 fully saturated rings. The largest absolute Gasteiger partial charge is 0.437 e. The quantitative estimate of drug-likeness (QED) is 0.440. The molecule has 6 heteroatoms. The summed E-state index contributed by atoms with van der Waals surface area (Å²) in [5.74, 6) is 0. The molecule has 2 rings (SSSR count). The van der Waals surface area contributed by atoms with Crippen LogP contribution in [0, 0.1) is 0 Å². The van der Waals surface area contributed by atoms with Crippen LogP contribution in [0.15, 0.2) is 35.6 Å². The summed E-state index contributed by atoms with van der Waals surface area (Å²) in [6.07, 6.45) is -3.51. The van der Waals surface area contributed by atoms with Gasteiger partial charge < -0.3 is 10.2 Å². The van der Waals surface area contributed by atoms with Crippen LogP contribution in [0.3, 0.4) is 0 Å². The van der Waals surface area contributed by atoms with Gasteiger partial charge in [0.05, 0.1) is 0 Å². The summed E-state index contributed by atoms with van der Waals surface area (Å²) < 4.78 is 37.5. The first-order chi connectivity index (χ1) is 7.54. The standard InChI is InChI=1S/C10H7F3N2O/c11-10(12,13)9(15-16)7-5-14-8-4-2-1-3-6(7)8/h1-5,14,16H/b15-9+. The number of hydrogen-bond donors (Lipinski definition) is 2. The van der Waals surface area contributed by atoms with Crippen molar-refractivity contribution < 1.29 is 18.4 Å². The lowest BCUT2D eigenvalue weighted by Crippen LogP contribution is -2.23. The number of H-pyrrole nitrogens is 1. The van der Waals surface area contributed by atoms with Crippen LogP contribution in [0.4, 0.5) is 13.2 Å². The second-order valence-electron chi connectivity index (χ2n) is 3.19. The summed E-state index contributed by atoms with van der Waals surface area (Å²) >= 11 is 0. The molecular weight excluding hydrogens is 221 g/mol. The molecule has 0 radical (unpaired) electrons. The molecule has 0 unspecified atom stereocenters. The molecule has 2 N–H and O–H groups in total. The Kier molecular flexibility index (Phi) is 2.34. The Bertz CT molecular complexity index is 542. The second-order valence-corrected chi connectivity index (χ2v) is 3.19. The van der Waals surface area contributed by atoms with Gasteiger partial charge in [-0.05, 0) is 6.07 Å². The van der Waals surface area contributed by atoms with Crippen LogP contribution < -0.4 is 0 Å². The van der Waals surface area contributed by atoms with E-state index in [9.17, 15) is 13.2 Å². The zero-order chi connectivity index (χ0) is 11.8. The molecule has 0 aliphatic carbocycles. The predicted octanol–water partition coefficient (Wildman–Crippen LogP) is 2.91. The SMILES string of the molecule is O/N=C(\c1c[nH]c2ccccc12)C(F)(F)F. The van der Waals surface area contributed by atoms with Crippen molar-refractivity contribution in [2.45, 2.75) is 6.18 Å². The monoisotopic (exact) mass is 228 g/mol. The van der Waals surface area contributed by atoms with Crippen molar-refractivity contribution in [1.29, 1.82) is 0 Å². The fraction of sp³-hybridized carbons (Fsp3) is 0.100. The van der Waals surface area contributed by atoms with Gasteiger partial charge in [-0.1, -0.05) is 23.4 Å². The normalized spacial score (nSPS) is 13.3. The molecule has 0 bridgehead atoms. The van der Waals surface area contributed by atoms with Crippen LogP contribution in [0.1, 0.15) is 5.56 Å². The van der Waals surface area contributed by atoms with E-state index in [1.165, 1.54) is 12.3 Å². The van der Waals surface area contributed by atoms with Gasteiger partial charge in [-0.15, -0.1) is 0 Å². The highest BCUT2D eigenvalue weighted by molar-refractivity contribution is 6.13. The van der Waals surface area contributed by atoms with E-state index in [2.05, 4.69) is 10.1 Å². The maximum absolute atomic E-state index is 12.5. The minimum Gasteiger partial charge on any atom is -0.410 e. The Balaban J connectivity index is 2.64. The summed E-state index contributed by atoms with van der Waals surface area (Å²) in [4.78, 5) is 2.68. The van der Waals surface area contributed by atoms with Crippen molar-refractivity contribution in [1.82, 2.24) is 4.98 Å². The van der Waals surface area contributed by atoms with Gasteiger partial charge in [-0.2, -0.15) is 13.2 Å². The van der Waals surface area contributed by atoms with E-state index in [1.54, 1.807) is 18.2 Å². The molecule has 16 heavy (non-hydrogen) atoms. The van der Waals surface area contributed by atoms with Gasteiger partial charge in [0.2, 0.25) is 0 Å². The van der Waals surface area contributed by atoms with Crippen molar-refractivity contribution in [3.05, 3.63) is 36.0 Å². The van der Waals surface area contributed by atoms with Gasteiger partial charge >= 0.3 is 6.18 Å². The highest BCUT2D eigenvalue weighted by Gasteiger charge is 2.38. The Labute approximate surface area is 88.2 Å². The van der Waals surface area contributed by atoms with Crippen molar-refractivity contribution in [3.8, 4) is 0 Å². The lowest BCUT2D eigenvalue weighted by Gasteiger charge is -2.06. The van der Waals surface area contributed by atoms with E-state index in [0.717, 1.165) is 0 Å². The van der Waals surface area contributed by atoms with E-state index in [4.69, 9.17) is 5.21 Å². The zero-order valence-corrected chi connectivity index (χ0v) is 7.92. The molecule has 0 saturated heterocycles. The number of para-hydroxylation sites is 1. The van der Waals surface area contributed by atoms with Crippen molar-refractivity contribution in [2.24, 2.45) is 5.16 Å². The summed E-state index contributed by atoms with van der Waals surface area (Å²) in [7, 11) is 0. The highest BCUT2D eigenvalue weighted by atomic mass is 19.4. The molecule has 2 aromatic rings. The van der Waals surface area contributed by atoms with E-state index in [-0.39, 0.29) is 5.56 Å². The van der Waals surface area contributed by atoms with Crippen molar-refractivity contribution >= 4 is 16.6 Å². The van der Waals surface area contributed by atoms with Gasteiger partial charge in [-0.25, -0.2) is 0 Å². The number of rotatable bonds is 1. The van der Waals surface area contributed by atoms with Crippen LogP contribution in [0.2, 0.25) is 0 Å². The number of halogens is 3. The highest BCUT2D eigenvalue weighted by Crippen LogP contribution is 2.27. The second kappa shape index (κ2) is 3.55. The number of fused-ring (bicyclic) bond motifs is 1. The first-order valence-electron chi connectivity index (χ1n) is 4.40. The summed E-state index contributed by atoms with van der Waals surface area (Å²) in [5, 5.41) is 11.1. The average molecular weight is 228 g/mol. The maximum Gasteiger partial charge on any atom is 0.437 e. The lowest BCUT2D eigenvalue weighted by atomic mass is 10.1. The van der Waals surface area contributed by atoms with E-state index in [1.807, 2.05) is 0 Å². The first kappa shape index (κ1) is 10.5. The molecule has 0 saturated carbocycles. The third-order valence-electron chi connectivity index (χ3n) is 2.21. The van der Waals surface area contributed by atoms with Crippen LogP contribution in [0.5, 0.6) is 0 Å². The lowest BCUT2D eigenvalue weighted by molar-refractivity contribution is -0.0600. The average Bonchev–Trinajstić information content (AvgIpc) is 2.61. The predicted molar refractivity (Wildman–Crippen MR) is 52.7 cm³/mol. The molecule has 0 aliphatic heterocycles. The van der Waals surface area contributed by atoms with Crippen LogP contribution in [-0.2, 0) is 0 Å². The Morgan fingerprint density at radius 1 is 1.25 bits per heavy atom. The van der Waals surface area contributed by atoms with E-state index < -0.39 is 11.9 Å². The molecule has 0 atom stereocenters. The number of aromatic nitrogens is 1. The molecule has 1 aromatic carbocycles. The molecule has 0 aliphatic rings. The molecule has 0 amide bonds.